The minimum absolute atomic E-state index is 0.0682. The van der Waals surface area contributed by atoms with Gasteiger partial charge in [-0.25, -0.2) is 4.79 Å². The average molecular weight is 463 g/mol. The zero-order valence-electron chi connectivity index (χ0n) is 19.1. The summed E-state index contributed by atoms with van der Waals surface area (Å²) in [5.74, 6) is 0.514. The fourth-order valence-corrected chi connectivity index (χ4v) is 3.69. The lowest BCUT2D eigenvalue weighted by Gasteiger charge is -2.14. The van der Waals surface area contributed by atoms with Crippen molar-refractivity contribution in [3.8, 4) is 11.5 Å². The lowest BCUT2D eigenvalue weighted by Crippen LogP contribution is -2.41. The Morgan fingerprint density at radius 2 is 1.79 bits per heavy atom. The van der Waals surface area contributed by atoms with Crippen LogP contribution in [0.15, 0.2) is 64.3 Å². The second-order valence-corrected chi connectivity index (χ2v) is 7.58. The number of benzene rings is 2. The smallest absolute Gasteiger partial charge is 0.332 e. The van der Waals surface area contributed by atoms with Gasteiger partial charge in [-0.2, -0.15) is 5.10 Å². The molecule has 0 saturated carbocycles. The van der Waals surface area contributed by atoms with E-state index in [0.29, 0.717) is 29.2 Å². The third kappa shape index (κ3) is 4.42. The van der Waals surface area contributed by atoms with Gasteiger partial charge >= 0.3 is 5.69 Å². The topological polar surface area (TPSA) is 109 Å². The van der Waals surface area contributed by atoms with Gasteiger partial charge in [-0.3, -0.25) is 23.4 Å². The van der Waals surface area contributed by atoms with Crippen molar-refractivity contribution in [3.05, 3.63) is 81.1 Å². The highest BCUT2D eigenvalue weighted by Crippen LogP contribution is 2.28. The minimum atomic E-state index is -0.593. The number of rotatable bonds is 8. The standard InChI is InChI=1S/C24H25N5O5/c1-4-27-14-19-22(26-27)23(31)29(13-16-8-6-5-7-9-16)24(32)28(19)15-21(30)25-18-12-17(33-2)10-11-20(18)34-3/h5-12,14H,4,13,15H2,1-3H3,(H,25,30). The predicted molar refractivity (Wildman–Crippen MR) is 128 cm³/mol. The van der Waals surface area contributed by atoms with Crippen molar-refractivity contribution in [1.82, 2.24) is 18.9 Å². The maximum Gasteiger partial charge on any atom is 0.332 e. The molecule has 0 saturated heterocycles. The summed E-state index contributed by atoms with van der Waals surface area (Å²) in [6, 6.07) is 14.2. The third-order valence-electron chi connectivity index (χ3n) is 5.43. The molecule has 1 amide bonds. The van der Waals surface area contributed by atoms with Crippen molar-refractivity contribution in [3.63, 3.8) is 0 Å². The van der Waals surface area contributed by atoms with Gasteiger partial charge in [-0.15, -0.1) is 0 Å². The molecular formula is C24H25N5O5. The summed E-state index contributed by atoms with van der Waals surface area (Å²) in [5, 5.41) is 7.09. The highest BCUT2D eigenvalue weighted by Gasteiger charge is 2.19. The van der Waals surface area contributed by atoms with Gasteiger partial charge in [0.25, 0.3) is 5.56 Å². The van der Waals surface area contributed by atoms with Crippen molar-refractivity contribution in [2.75, 3.05) is 19.5 Å². The zero-order valence-corrected chi connectivity index (χ0v) is 19.1. The Morgan fingerprint density at radius 3 is 2.47 bits per heavy atom. The molecule has 0 radical (unpaired) electrons. The van der Waals surface area contributed by atoms with Crippen molar-refractivity contribution in [1.29, 1.82) is 0 Å². The van der Waals surface area contributed by atoms with Crippen molar-refractivity contribution >= 4 is 22.6 Å². The second-order valence-electron chi connectivity index (χ2n) is 7.58. The van der Waals surface area contributed by atoms with Gasteiger partial charge in [-0.05, 0) is 24.6 Å². The lowest BCUT2D eigenvalue weighted by molar-refractivity contribution is -0.116. The van der Waals surface area contributed by atoms with Gasteiger partial charge < -0.3 is 14.8 Å². The van der Waals surface area contributed by atoms with Gasteiger partial charge in [0.2, 0.25) is 5.91 Å². The van der Waals surface area contributed by atoms with Crippen molar-refractivity contribution < 1.29 is 14.3 Å². The number of nitrogens with zero attached hydrogens (tertiary/aromatic N) is 4. The van der Waals surface area contributed by atoms with Gasteiger partial charge in [0.05, 0.1) is 32.0 Å². The third-order valence-corrected chi connectivity index (χ3v) is 5.43. The molecule has 2 heterocycles. The largest absolute Gasteiger partial charge is 0.497 e. The fourth-order valence-electron chi connectivity index (χ4n) is 3.69. The number of methoxy groups -OCH3 is 2. The van der Waals surface area contributed by atoms with Crippen LogP contribution in [0.25, 0.3) is 11.0 Å². The monoisotopic (exact) mass is 463 g/mol. The summed E-state index contributed by atoms with van der Waals surface area (Å²) in [7, 11) is 3.01. The van der Waals surface area contributed by atoms with Gasteiger partial charge in [0, 0.05) is 18.8 Å². The molecular weight excluding hydrogens is 438 g/mol. The first-order chi connectivity index (χ1) is 16.4. The Bertz CT molecular complexity index is 1450. The van der Waals surface area contributed by atoms with Crippen molar-refractivity contribution in [2.45, 2.75) is 26.6 Å². The van der Waals surface area contributed by atoms with Crippen LogP contribution in [0.2, 0.25) is 0 Å². The number of amides is 1. The molecule has 0 aliphatic heterocycles. The summed E-state index contributed by atoms with van der Waals surface area (Å²) in [4.78, 5) is 39.5. The Kier molecular flexibility index (Phi) is 6.48. The molecule has 1 N–H and O–H groups in total. The summed E-state index contributed by atoms with van der Waals surface area (Å²) in [6.45, 7) is 2.13. The first kappa shape index (κ1) is 22.8. The number of aryl methyl sites for hydroxylation is 1. The quantitative estimate of drug-likeness (QED) is 0.429. The molecule has 176 valence electrons. The minimum Gasteiger partial charge on any atom is -0.497 e. The van der Waals surface area contributed by atoms with Crippen LogP contribution in [-0.4, -0.2) is 39.0 Å². The maximum absolute atomic E-state index is 13.4. The number of anilines is 1. The molecule has 0 aliphatic carbocycles. The van der Waals surface area contributed by atoms with E-state index in [2.05, 4.69) is 10.4 Å². The molecule has 0 fully saturated rings. The number of nitrogens with one attached hydrogen (secondary N) is 1. The molecule has 0 spiro atoms. The molecule has 10 heteroatoms. The Morgan fingerprint density at radius 1 is 1.03 bits per heavy atom. The molecule has 2 aromatic carbocycles. The molecule has 0 unspecified atom stereocenters. The Balaban J connectivity index is 1.76. The number of carbonyl (C=O) groups is 1. The number of aromatic nitrogens is 4. The fraction of sp³-hybridized carbons (Fsp3) is 0.250. The second kappa shape index (κ2) is 9.65. The summed E-state index contributed by atoms with van der Waals surface area (Å²) in [5.41, 5.74) is 0.524. The summed E-state index contributed by atoms with van der Waals surface area (Å²) < 4.78 is 14.5. The lowest BCUT2D eigenvalue weighted by atomic mass is 10.2. The molecule has 10 nitrogen and oxygen atoms in total. The zero-order chi connectivity index (χ0) is 24.2. The van der Waals surface area contributed by atoms with Crippen LogP contribution in [0.3, 0.4) is 0 Å². The normalized spacial score (nSPS) is 10.9. The van der Waals surface area contributed by atoms with Crippen LogP contribution in [0, 0.1) is 0 Å². The van der Waals surface area contributed by atoms with Gasteiger partial charge in [-0.1, -0.05) is 30.3 Å². The predicted octanol–water partition coefficient (Wildman–Crippen LogP) is 2.08. The van der Waals surface area contributed by atoms with E-state index in [1.165, 1.54) is 18.8 Å². The van der Waals surface area contributed by atoms with Crippen LogP contribution < -0.4 is 26.0 Å². The van der Waals surface area contributed by atoms with Crippen LogP contribution >= 0.6 is 0 Å². The maximum atomic E-state index is 13.4. The Hall–Kier alpha value is -4.34. The van der Waals surface area contributed by atoms with Crippen LogP contribution in [0.1, 0.15) is 12.5 Å². The van der Waals surface area contributed by atoms with Crippen molar-refractivity contribution in [2.24, 2.45) is 0 Å². The van der Waals surface area contributed by atoms with E-state index in [-0.39, 0.29) is 18.6 Å². The molecule has 0 aliphatic rings. The molecule has 34 heavy (non-hydrogen) atoms. The Labute approximate surface area is 195 Å². The molecule has 4 rings (SSSR count). The molecule has 4 aromatic rings. The number of hydrogen-bond donors (Lipinski definition) is 1. The van der Waals surface area contributed by atoms with Gasteiger partial charge in [0.1, 0.15) is 18.0 Å². The SMILES string of the molecule is CCn1cc2c(n1)c(=O)n(Cc1ccccc1)c(=O)n2CC(=O)Nc1cc(OC)ccc1OC. The first-order valence-electron chi connectivity index (χ1n) is 10.7. The number of fused-ring (bicyclic) bond motifs is 1. The van der Waals surface area contributed by atoms with E-state index < -0.39 is 17.2 Å². The molecule has 0 bridgehead atoms. The van der Waals surface area contributed by atoms with E-state index in [0.717, 1.165) is 10.1 Å². The average Bonchev–Trinajstić information content (AvgIpc) is 3.30. The van der Waals surface area contributed by atoms with E-state index in [9.17, 15) is 14.4 Å². The van der Waals surface area contributed by atoms with Crippen LogP contribution in [0.5, 0.6) is 11.5 Å². The van der Waals surface area contributed by atoms with E-state index in [1.54, 1.807) is 29.1 Å². The summed E-state index contributed by atoms with van der Waals surface area (Å²) in [6.07, 6.45) is 1.60. The van der Waals surface area contributed by atoms with E-state index >= 15 is 0 Å². The molecule has 0 atom stereocenters. The van der Waals surface area contributed by atoms with Crippen LogP contribution in [0.4, 0.5) is 5.69 Å². The number of hydrogen-bond acceptors (Lipinski definition) is 6. The highest BCUT2D eigenvalue weighted by molar-refractivity contribution is 5.93. The molecule has 2 aromatic heterocycles. The van der Waals surface area contributed by atoms with E-state index in [4.69, 9.17) is 9.47 Å². The van der Waals surface area contributed by atoms with Crippen LogP contribution in [-0.2, 0) is 24.4 Å². The summed E-state index contributed by atoms with van der Waals surface area (Å²) >= 11 is 0. The number of carbonyl (C=O) groups excluding carboxylic acids is 1. The highest BCUT2D eigenvalue weighted by atomic mass is 16.5. The van der Waals surface area contributed by atoms with E-state index in [1.807, 2.05) is 37.3 Å². The number of ether oxygens (including phenoxy) is 2. The van der Waals surface area contributed by atoms with Gasteiger partial charge in [0.15, 0.2) is 5.52 Å². The first-order valence-corrected chi connectivity index (χ1v) is 10.7.